The largest absolute Gasteiger partial charge is 0.481 e. The summed E-state index contributed by atoms with van der Waals surface area (Å²) < 4.78 is 0. The van der Waals surface area contributed by atoms with E-state index in [1.807, 2.05) is 24.3 Å². The number of carbonyl (C=O) groups excluding carboxylic acids is 1. The molecule has 2 aromatic rings. The maximum Gasteiger partial charge on any atom is 0.305 e. The van der Waals surface area contributed by atoms with Crippen LogP contribution in [0.4, 0.5) is 5.69 Å². The van der Waals surface area contributed by atoms with Crippen LogP contribution in [0.25, 0.3) is 0 Å². The maximum atomic E-state index is 12.4. The van der Waals surface area contributed by atoms with E-state index in [0.29, 0.717) is 5.56 Å². The number of amides is 1. The van der Waals surface area contributed by atoms with Gasteiger partial charge in [-0.2, -0.15) is 0 Å². The second kappa shape index (κ2) is 7.99. The van der Waals surface area contributed by atoms with Gasteiger partial charge in [0.1, 0.15) is 0 Å². The number of rotatable bonds is 6. The molecular weight excluding hydrogens is 348 g/mol. The minimum Gasteiger partial charge on any atom is -0.481 e. The monoisotopic (exact) mass is 370 g/mol. The van der Waals surface area contributed by atoms with Crippen molar-refractivity contribution in [3.05, 3.63) is 75.3 Å². The third kappa shape index (κ3) is 5.37. The highest BCUT2D eigenvalue weighted by Gasteiger charge is 2.21. The fourth-order valence-electron chi connectivity index (χ4n) is 2.62. The van der Waals surface area contributed by atoms with Crippen molar-refractivity contribution in [1.29, 1.82) is 0 Å². The summed E-state index contributed by atoms with van der Waals surface area (Å²) in [5.74, 6) is -1.53. The lowest BCUT2D eigenvalue weighted by Crippen LogP contribution is -2.30. The molecule has 0 aromatic heterocycles. The summed E-state index contributed by atoms with van der Waals surface area (Å²) in [7, 11) is 0. The van der Waals surface area contributed by atoms with Crippen molar-refractivity contribution in [2.75, 3.05) is 0 Å². The van der Waals surface area contributed by atoms with Gasteiger partial charge in [0.25, 0.3) is 11.6 Å². The van der Waals surface area contributed by atoms with Gasteiger partial charge in [-0.05, 0) is 28.7 Å². The molecule has 27 heavy (non-hydrogen) atoms. The van der Waals surface area contributed by atoms with Gasteiger partial charge in [0.2, 0.25) is 0 Å². The molecule has 0 spiro atoms. The van der Waals surface area contributed by atoms with Crippen LogP contribution < -0.4 is 5.32 Å². The highest BCUT2D eigenvalue weighted by atomic mass is 16.6. The Morgan fingerprint density at radius 2 is 1.63 bits per heavy atom. The minimum absolute atomic E-state index is 0.0389. The van der Waals surface area contributed by atoms with Crippen molar-refractivity contribution in [2.24, 2.45) is 0 Å². The zero-order valence-electron chi connectivity index (χ0n) is 15.4. The molecule has 0 heterocycles. The second-order valence-electron chi connectivity index (χ2n) is 7.30. The molecule has 0 aliphatic heterocycles. The molecular formula is C20H22N2O5. The molecule has 2 N–H and O–H groups in total. The van der Waals surface area contributed by atoms with Gasteiger partial charge in [-0.15, -0.1) is 0 Å². The van der Waals surface area contributed by atoms with E-state index in [1.165, 1.54) is 24.3 Å². The van der Waals surface area contributed by atoms with Gasteiger partial charge >= 0.3 is 5.97 Å². The van der Waals surface area contributed by atoms with E-state index in [-0.39, 0.29) is 23.1 Å². The Kier molecular flexibility index (Phi) is 5.95. The topological polar surface area (TPSA) is 110 Å². The number of nitrogens with zero attached hydrogens (tertiary/aromatic N) is 1. The first kappa shape index (κ1) is 20.1. The molecule has 2 rings (SSSR count). The van der Waals surface area contributed by atoms with Gasteiger partial charge < -0.3 is 10.4 Å². The fourth-order valence-corrected chi connectivity index (χ4v) is 2.62. The second-order valence-corrected chi connectivity index (χ2v) is 7.30. The number of nitro benzene ring substituents is 1. The zero-order valence-corrected chi connectivity index (χ0v) is 15.4. The summed E-state index contributed by atoms with van der Waals surface area (Å²) in [5.41, 5.74) is 1.85. The van der Waals surface area contributed by atoms with E-state index in [2.05, 4.69) is 26.1 Å². The highest BCUT2D eigenvalue weighted by molar-refractivity contribution is 5.94. The molecule has 2 aromatic carbocycles. The average molecular weight is 370 g/mol. The lowest BCUT2D eigenvalue weighted by atomic mass is 9.86. The molecule has 0 bridgehead atoms. The summed E-state index contributed by atoms with van der Waals surface area (Å²) in [4.78, 5) is 33.8. The number of hydrogen-bond acceptors (Lipinski definition) is 4. The van der Waals surface area contributed by atoms with Gasteiger partial charge in [0.15, 0.2) is 0 Å². The molecule has 0 aliphatic rings. The fraction of sp³-hybridized carbons (Fsp3) is 0.300. The van der Waals surface area contributed by atoms with Crippen molar-refractivity contribution in [2.45, 2.75) is 38.6 Å². The summed E-state index contributed by atoms with van der Waals surface area (Å²) in [5, 5.41) is 22.6. The van der Waals surface area contributed by atoms with Crippen LogP contribution in [0.5, 0.6) is 0 Å². The minimum atomic E-state index is -1.04. The Morgan fingerprint density at radius 1 is 1.07 bits per heavy atom. The van der Waals surface area contributed by atoms with Crippen LogP contribution >= 0.6 is 0 Å². The molecule has 0 fully saturated rings. The van der Waals surface area contributed by atoms with E-state index in [0.717, 1.165) is 5.56 Å². The normalized spacial score (nSPS) is 12.3. The third-order valence-electron chi connectivity index (χ3n) is 4.20. The lowest BCUT2D eigenvalue weighted by molar-refractivity contribution is -0.384. The molecule has 1 atom stereocenters. The number of nitro groups is 1. The van der Waals surface area contributed by atoms with E-state index in [1.54, 1.807) is 0 Å². The van der Waals surface area contributed by atoms with Crippen molar-refractivity contribution in [3.63, 3.8) is 0 Å². The van der Waals surface area contributed by atoms with Crippen molar-refractivity contribution in [3.8, 4) is 0 Å². The summed E-state index contributed by atoms with van der Waals surface area (Å²) >= 11 is 0. The molecule has 7 heteroatoms. The first-order valence-electron chi connectivity index (χ1n) is 8.45. The van der Waals surface area contributed by atoms with Crippen LogP contribution in [0.1, 0.15) is 54.7 Å². The van der Waals surface area contributed by atoms with Crippen LogP contribution in [-0.2, 0) is 10.2 Å². The number of non-ortho nitro benzene ring substituents is 1. The van der Waals surface area contributed by atoms with E-state index in [4.69, 9.17) is 0 Å². The Bertz CT molecular complexity index is 836. The third-order valence-corrected chi connectivity index (χ3v) is 4.20. The van der Waals surface area contributed by atoms with Crippen LogP contribution in [0.2, 0.25) is 0 Å². The summed E-state index contributed by atoms with van der Waals surface area (Å²) in [6.07, 6.45) is -0.270. The number of aliphatic carboxylic acids is 1. The molecule has 0 saturated carbocycles. The molecule has 0 radical (unpaired) electrons. The van der Waals surface area contributed by atoms with E-state index >= 15 is 0 Å². The smallest absolute Gasteiger partial charge is 0.305 e. The molecule has 0 unspecified atom stereocenters. The van der Waals surface area contributed by atoms with Gasteiger partial charge in [0.05, 0.1) is 17.4 Å². The van der Waals surface area contributed by atoms with Gasteiger partial charge in [0, 0.05) is 17.7 Å². The summed E-state index contributed by atoms with van der Waals surface area (Å²) in [6.45, 7) is 6.23. The van der Waals surface area contributed by atoms with Crippen LogP contribution in [-0.4, -0.2) is 21.9 Å². The van der Waals surface area contributed by atoms with Gasteiger partial charge in [-0.3, -0.25) is 19.7 Å². The molecule has 0 saturated heterocycles. The van der Waals surface area contributed by atoms with Gasteiger partial charge in [-0.1, -0.05) is 45.0 Å². The standard InChI is InChI=1S/C20H22N2O5/c1-20(2,3)15-8-4-13(5-9-15)17(12-18(23)24)21-19(25)14-6-10-16(11-7-14)22(26)27/h4-11,17H,12H2,1-3H3,(H,21,25)(H,23,24)/t17-/m1/s1. The zero-order chi connectivity index (χ0) is 20.2. The van der Waals surface area contributed by atoms with E-state index in [9.17, 15) is 24.8 Å². The number of carboxylic acid groups (broad SMARTS) is 1. The van der Waals surface area contributed by atoms with Crippen molar-refractivity contribution in [1.82, 2.24) is 5.32 Å². The predicted molar refractivity (Wildman–Crippen MR) is 101 cm³/mol. The first-order valence-corrected chi connectivity index (χ1v) is 8.45. The quantitative estimate of drug-likeness (QED) is 0.593. The predicted octanol–water partition coefficient (Wildman–Crippen LogP) is 3.84. The number of carboxylic acids is 1. The van der Waals surface area contributed by atoms with Gasteiger partial charge in [-0.25, -0.2) is 0 Å². The lowest BCUT2D eigenvalue weighted by Gasteiger charge is -2.22. The molecule has 7 nitrogen and oxygen atoms in total. The Balaban J connectivity index is 2.22. The number of benzene rings is 2. The van der Waals surface area contributed by atoms with E-state index < -0.39 is 22.8 Å². The maximum absolute atomic E-state index is 12.4. The number of carbonyl (C=O) groups is 2. The Hall–Kier alpha value is -3.22. The molecule has 1 amide bonds. The summed E-state index contributed by atoms with van der Waals surface area (Å²) in [6, 6.07) is 11.9. The number of hydrogen-bond donors (Lipinski definition) is 2. The Morgan fingerprint density at radius 3 is 2.07 bits per heavy atom. The molecule has 142 valence electrons. The van der Waals surface area contributed by atoms with Crippen LogP contribution in [0.15, 0.2) is 48.5 Å². The van der Waals surface area contributed by atoms with Crippen LogP contribution in [0, 0.1) is 10.1 Å². The van der Waals surface area contributed by atoms with Crippen molar-refractivity contribution < 1.29 is 19.6 Å². The average Bonchev–Trinajstić information content (AvgIpc) is 2.60. The van der Waals surface area contributed by atoms with Crippen molar-refractivity contribution >= 4 is 17.6 Å². The number of nitrogens with one attached hydrogen (secondary N) is 1. The van der Waals surface area contributed by atoms with Crippen LogP contribution in [0.3, 0.4) is 0 Å². The Labute approximate surface area is 157 Å². The SMILES string of the molecule is CC(C)(C)c1ccc([C@@H](CC(=O)O)NC(=O)c2ccc([N+](=O)[O-])cc2)cc1. The first-order chi connectivity index (χ1) is 12.6. The molecule has 0 aliphatic carbocycles. The highest BCUT2D eigenvalue weighted by Crippen LogP contribution is 2.25.